The van der Waals surface area contributed by atoms with Crippen LogP contribution in [0.2, 0.25) is 0 Å². The Bertz CT molecular complexity index is 771. The molecule has 4 nitrogen and oxygen atoms in total. The molecule has 4 heteroatoms. The first kappa shape index (κ1) is 16.4. The molecular formula is C20H21NO3. The minimum absolute atomic E-state index is 0.196. The van der Waals surface area contributed by atoms with Crippen LogP contribution in [0.5, 0.6) is 0 Å². The van der Waals surface area contributed by atoms with Crippen molar-refractivity contribution < 1.29 is 14.7 Å². The lowest BCUT2D eigenvalue weighted by molar-refractivity contribution is -0.140. The molecule has 0 bridgehead atoms. The van der Waals surface area contributed by atoms with Crippen LogP contribution >= 0.6 is 0 Å². The predicted octanol–water partition coefficient (Wildman–Crippen LogP) is 3.15. The molecule has 1 aliphatic rings. The topological polar surface area (TPSA) is 57.6 Å². The van der Waals surface area contributed by atoms with Gasteiger partial charge in [0.2, 0.25) is 0 Å². The Morgan fingerprint density at radius 1 is 1.12 bits per heavy atom. The highest BCUT2D eigenvalue weighted by atomic mass is 16.3. The molecule has 24 heavy (non-hydrogen) atoms. The van der Waals surface area contributed by atoms with E-state index in [9.17, 15) is 14.7 Å². The van der Waals surface area contributed by atoms with Gasteiger partial charge < -0.3 is 10.0 Å². The number of likely N-dealkylation sites (N-methyl/N-ethyl adjacent to an activating group) is 1. The third-order valence-corrected chi connectivity index (χ3v) is 4.76. The second-order valence-electron chi connectivity index (χ2n) is 6.22. The SMILES string of the molecule is CCC[C@H](C(=O)c1ccccc1)[C@]1(O)C(=O)N(C)c2ccccc21. The van der Waals surface area contributed by atoms with Crippen LogP contribution in [0.4, 0.5) is 5.69 Å². The van der Waals surface area contributed by atoms with Gasteiger partial charge in [0.05, 0.1) is 11.6 Å². The zero-order valence-electron chi connectivity index (χ0n) is 13.9. The maximum atomic E-state index is 13.1. The predicted molar refractivity (Wildman–Crippen MR) is 92.9 cm³/mol. The lowest BCUT2D eigenvalue weighted by Crippen LogP contribution is -2.47. The number of nitrogens with zero attached hydrogens (tertiary/aromatic N) is 1. The van der Waals surface area contributed by atoms with Gasteiger partial charge in [-0.3, -0.25) is 9.59 Å². The number of para-hydroxylation sites is 1. The molecule has 1 heterocycles. The molecule has 2 aromatic rings. The number of rotatable bonds is 5. The van der Waals surface area contributed by atoms with Crippen molar-refractivity contribution in [1.29, 1.82) is 0 Å². The fraction of sp³-hybridized carbons (Fsp3) is 0.300. The Morgan fingerprint density at radius 2 is 1.75 bits per heavy atom. The Labute approximate surface area is 141 Å². The van der Waals surface area contributed by atoms with Crippen LogP contribution in [-0.4, -0.2) is 23.8 Å². The molecular weight excluding hydrogens is 302 g/mol. The largest absolute Gasteiger partial charge is 0.375 e. The fourth-order valence-corrected chi connectivity index (χ4v) is 3.53. The molecule has 3 rings (SSSR count). The highest BCUT2D eigenvalue weighted by molar-refractivity contribution is 6.11. The summed E-state index contributed by atoms with van der Waals surface area (Å²) in [6, 6.07) is 16.0. The number of Topliss-reactive ketones (excluding diaryl/α,β-unsaturated/α-hetero) is 1. The molecule has 2 aromatic carbocycles. The summed E-state index contributed by atoms with van der Waals surface area (Å²) in [6.07, 6.45) is 1.14. The van der Waals surface area contributed by atoms with E-state index in [0.29, 0.717) is 29.7 Å². The van der Waals surface area contributed by atoms with Crippen molar-refractivity contribution in [2.24, 2.45) is 5.92 Å². The zero-order valence-corrected chi connectivity index (χ0v) is 13.9. The summed E-state index contributed by atoms with van der Waals surface area (Å²) in [5.41, 5.74) is -0.120. The molecule has 0 aliphatic carbocycles. The van der Waals surface area contributed by atoms with Gasteiger partial charge >= 0.3 is 0 Å². The second-order valence-corrected chi connectivity index (χ2v) is 6.22. The molecule has 1 N–H and O–H groups in total. The molecule has 0 fully saturated rings. The number of anilines is 1. The molecule has 0 radical (unpaired) electrons. The number of benzene rings is 2. The highest BCUT2D eigenvalue weighted by Crippen LogP contribution is 2.46. The Morgan fingerprint density at radius 3 is 2.42 bits per heavy atom. The summed E-state index contributed by atoms with van der Waals surface area (Å²) in [5.74, 6) is -1.44. The van der Waals surface area contributed by atoms with Gasteiger partial charge in [-0.15, -0.1) is 0 Å². The monoisotopic (exact) mass is 323 g/mol. The molecule has 0 saturated carbocycles. The molecule has 0 aromatic heterocycles. The standard InChI is InChI=1S/C20H21NO3/c1-3-9-16(18(22)14-10-5-4-6-11-14)20(24)15-12-7-8-13-17(15)21(2)19(20)23/h4-8,10-13,16,24H,3,9H2,1-2H3/t16-,20+/m1/s1. The maximum Gasteiger partial charge on any atom is 0.264 e. The van der Waals surface area contributed by atoms with Crippen molar-refractivity contribution in [2.75, 3.05) is 11.9 Å². The van der Waals surface area contributed by atoms with Crippen molar-refractivity contribution in [3.05, 3.63) is 65.7 Å². The van der Waals surface area contributed by atoms with Gasteiger partial charge in [0.25, 0.3) is 5.91 Å². The van der Waals surface area contributed by atoms with E-state index in [1.807, 2.05) is 19.1 Å². The summed E-state index contributed by atoms with van der Waals surface area (Å²) in [6.45, 7) is 1.95. The van der Waals surface area contributed by atoms with Crippen LogP contribution < -0.4 is 4.90 Å². The normalized spacial score (nSPS) is 20.8. The number of aliphatic hydroxyl groups is 1. The minimum atomic E-state index is -1.81. The highest BCUT2D eigenvalue weighted by Gasteiger charge is 2.55. The smallest absolute Gasteiger partial charge is 0.264 e. The number of ketones is 1. The van der Waals surface area contributed by atoms with E-state index >= 15 is 0 Å². The van der Waals surface area contributed by atoms with Gasteiger partial charge in [-0.1, -0.05) is 61.9 Å². The van der Waals surface area contributed by atoms with Crippen molar-refractivity contribution in [3.8, 4) is 0 Å². The van der Waals surface area contributed by atoms with Gasteiger partial charge in [-0.25, -0.2) is 0 Å². The fourth-order valence-electron chi connectivity index (χ4n) is 3.53. The van der Waals surface area contributed by atoms with E-state index in [1.54, 1.807) is 49.5 Å². The van der Waals surface area contributed by atoms with Crippen molar-refractivity contribution in [1.82, 2.24) is 0 Å². The lowest BCUT2D eigenvalue weighted by Gasteiger charge is -2.30. The van der Waals surface area contributed by atoms with Crippen LogP contribution in [0.3, 0.4) is 0 Å². The molecule has 0 unspecified atom stereocenters. The van der Waals surface area contributed by atoms with E-state index in [4.69, 9.17) is 0 Å². The van der Waals surface area contributed by atoms with Crippen LogP contribution in [0.1, 0.15) is 35.7 Å². The number of amides is 1. The minimum Gasteiger partial charge on any atom is -0.375 e. The first-order chi connectivity index (χ1) is 11.5. The van der Waals surface area contributed by atoms with Gasteiger partial charge in [-0.2, -0.15) is 0 Å². The van der Waals surface area contributed by atoms with Gasteiger partial charge in [0.15, 0.2) is 11.4 Å². The molecule has 1 aliphatic heterocycles. The number of carbonyl (C=O) groups excluding carboxylic acids is 2. The van der Waals surface area contributed by atoms with E-state index in [2.05, 4.69) is 0 Å². The summed E-state index contributed by atoms with van der Waals surface area (Å²) in [5, 5.41) is 11.4. The van der Waals surface area contributed by atoms with E-state index in [-0.39, 0.29) is 5.78 Å². The third kappa shape index (κ3) is 2.34. The summed E-state index contributed by atoms with van der Waals surface area (Å²) in [7, 11) is 1.63. The number of fused-ring (bicyclic) bond motifs is 1. The van der Waals surface area contributed by atoms with E-state index in [0.717, 1.165) is 0 Å². The van der Waals surface area contributed by atoms with Crippen LogP contribution in [0, 0.1) is 5.92 Å². The Kier molecular flexibility index (Phi) is 4.24. The maximum absolute atomic E-state index is 13.1. The lowest BCUT2D eigenvalue weighted by atomic mass is 9.75. The van der Waals surface area contributed by atoms with Crippen molar-refractivity contribution >= 4 is 17.4 Å². The molecule has 1 amide bonds. The number of carbonyl (C=O) groups is 2. The second kappa shape index (κ2) is 6.21. The number of hydrogen-bond donors (Lipinski definition) is 1. The van der Waals surface area contributed by atoms with Gasteiger partial charge in [0.1, 0.15) is 0 Å². The summed E-state index contributed by atoms with van der Waals surface area (Å²) >= 11 is 0. The van der Waals surface area contributed by atoms with Crippen molar-refractivity contribution in [2.45, 2.75) is 25.4 Å². The first-order valence-electron chi connectivity index (χ1n) is 8.21. The van der Waals surface area contributed by atoms with Gasteiger partial charge in [-0.05, 0) is 12.5 Å². The average Bonchev–Trinajstić information content (AvgIpc) is 2.82. The van der Waals surface area contributed by atoms with Crippen LogP contribution in [0.15, 0.2) is 54.6 Å². The third-order valence-electron chi connectivity index (χ3n) is 4.76. The quantitative estimate of drug-likeness (QED) is 0.860. The number of hydrogen-bond acceptors (Lipinski definition) is 3. The van der Waals surface area contributed by atoms with E-state index < -0.39 is 17.4 Å². The molecule has 0 saturated heterocycles. The van der Waals surface area contributed by atoms with Crippen LogP contribution in [-0.2, 0) is 10.4 Å². The Hall–Kier alpha value is -2.46. The molecule has 124 valence electrons. The molecule has 2 atom stereocenters. The summed E-state index contributed by atoms with van der Waals surface area (Å²) < 4.78 is 0. The van der Waals surface area contributed by atoms with Crippen molar-refractivity contribution in [3.63, 3.8) is 0 Å². The first-order valence-corrected chi connectivity index (χ1v) is 8.21. The van der Waals surface area contributed by atoms with Gasteiger partial charge in [0, 0.05) is 18.2 Å². The zero-order chi connectivity index (χ0) is 17.3. The molecule has 0 spiro atoms. The summed E-state index contributed by atoms with van der Waals surface area (Å²) in [4.78, 5) is 27.4. The Balaban J connectivity index is 2.11. The average molecular weight is 323 g/mol. The van der Waals surface area contributed by atoms with E-state index in [1.165, 1.54) is 4.90 Å². The van der Waals surface area contributed by atoms with Crippen LogP contribution in [0.25, 0.3) is 0 Å².